The molecule has 3 aliphatic heterocycles. The molecule has 0 saturated carbocycles. The molecule has 4 rings (SSSR count). The van der Waals surface area contributed by atoms with Crippen LogP contribution < -0.4 is 0 Å². The third-order valence-corrected chi connectivity index (χ3v) is 8.50. The molecule has 3 fully saturated rings. The van der Waals surface area contributed by atoms with Crippen LogP contribution in [0.5, 0.6) is 0 Å². The second kappa shape index (κ2) is 7.23. The van der Waals surface area contributed by atoms with E-state index in [0.717, 1.165) is 38.0 Å². The number of sulfonamides is 1. The second-order valence-electron chi connectivity index (χ2n) is 8.31. The Kier molecular flexibility index (Phi) is 5.12. The van der Waals surface area contributed by atoms with Gasteiger partial charge in [-0.1, -0.05) is 18.2 Å². The van der Waals surface area contributed by atoms with Gasteiger partial charge in [0.1, 0.15) is 0 Å². The topological polar surface area (TPSA) is 49.9 Å². The molecule has 144 valence electrons. The average Bonchev–Trinajstić information content (AvgIpc) is 3.27. The molecule has 0 N–H and O–H groups in total. The van der Waals surface area contributed by atoms with Crippen LogP contribution in [0.4, 0.5) is 0 Å². The molecule has 1 aromatic rings. The van der Waals surface area contributed by atoms with Crippen molar-refractivity contribution < 1.29 is 13.2 Å². The zero-order chi connectivity index (χ0) is 18.2. The fourth-order valence-corrected chi connectivity index (χ4v) is 6.47. The number of nitrogens with zero attached hydrogens (tertiary/aromatic N) is 2. The van der Waals surface area contributed by atoms with Crippen LogP contribution in [0.3, 0.4) is 0 Å². The molecular weight excluding hydrogens is 348 g/mol. The first-order chi connectivity index (χ1) is 12.5. The summed E-state index contributed by atoms with van der Waals surface area (Å²) in [5.74, 6) is 0. The lowest BCUT2D eigenvalue weighted by molar-refractivity contribution is 0.0627. The molecule has 3 aliphatic rings. The van der Waals surface area contributed by atoms with Crippen LogP contribution in [-0.2, 0) is 14.8 Å². The summed E-state index contributed by atoms with van der Waals surface area (Å²) in [6, 6.07) is 7.28. The van der Waals surface area contributed by atoms with Gasteiger partial charge < -0.3 is 9.64 Å². The summed E-state index contributed by atoms with van der Waals surface area (Å²) in [6.45, 7) is 7.33. The first kappa shape index (κ1) is 18.4. The molecule has 1 atom stereocenters. The van der Waals surface area contributed by atoms with Gasteiger partial charge >= 0.3 is 0 Å². The van der Waals surface area contributed by atoms with Crippen molar-refractivity contribution in [2.45, 2.75) is 50.0 Å². The Balaban J connectivity index is 1.37. The van der Waals surface area contributed by atoms with Gasteiger partial charge in [0, 0.05) is 19.6 Å². The molecule has 0 bridgehead atoms. The van der Waals surface area contributed by atoms with Gasteiger partial charge in [-0.05, 0) is 69.2 Å². The molecule has 5 nitrogen and oxygen atoms in total. The normalized spacial score (nSPS) is 27.3. The smallest absolute Gasteiger partial charge is 0.243 e. The number of rotatable bonds is 4. The standard InChI is InChI=1S/C20H30N2O3S/c1-17-6-2-3-7-19(17)26(23,24)22-12-8-20(9-13-22)14-18(25-16-20)15-21-10-4-5-11-21/h2-3,6-7,18H,4-5,8-16H2,1H3/t18-/m0/s1. The number of piperidine rings is 1. The van der Waals surface area contributed by atoms with Gasteiger partial charge in [-0.15, -0.1) is 0 Å². The van der Waals surface area contributed by atoms with Crippen molar-refractivity contribution in [3.05, 3.63) is 29.8 Å². The van der Waals surface area contributed by atoms with Crippen molar-refractivity contribution in [1.82, 2.24) is 9.21 Å². The Hall–Kier alpha value is -0.950. The first-order valence-corrected chi connectivity index (χ1v) is 11.3. The Morgan fingerprint density at radius 3 is 2.50 bits per heavy atom. The lowest BCUT2D eigenvalue weighted by Gasteiger charge is -2.38. The maximum atomic E-state index is 13.0. The van der Waals surface area contributed by atoms with Gasteiger partial charge in [0.2, 0.25) is 10.0 Å². The fourth-order valence-electron chi connectivity index (χ4n) is 4.80. The molecule has 3 heterocycles. The fraction of sp³-hybridized carbons (Fsp3) is 0.700. The molecule has 1 spiro atoms. The Morgan fingerprint density at radius 1 is 1.12 bits per heavy atom. The van der Waals surface area contributed by atoms with Crippen molar-refractivity contribution in [2.75, 3.05) is 39.3 Å². The van der Waals surface area contributed by atoms with E-state index in [0.29, 0.717) is 24.1 Å². The zero-order valence-electron chi connectivity index (χ0n) is 15.7. The highest BCUT2D eigenvalue weighted by Gasteiger charge is 2.44. The summed E-state index contributed by atoms with van der Waals surface area (Å²) >= 11 is 0. The molecule has 0 aromatic heterocycles. The number of hydrogen-bond acceptors (Lipinski definition) is 4. The average molecular weight is 379 g/mol. The van der Waals surface area contributed by atoms with E-state index in [4.69, 9.17) is 4.74 Å². The van der Waals surface area contributed by atoms with Crippen LogP contribution in [0.2, 0.25) is 0 Å². The first-order valence-electron chi connectivity index (χ1n) is 9.88. The third-order valence-electron chi connectivity index (χ3n) is 6.44. The number of ether oxygens (including phenoxy) is 1. The van der Waals surface area contributed by atoms with Gasteiger partial charge in [-0.2, -0.15) is 4.31 Å². The summed E-state index contributed by atoms with van der Waals surface area (Å²) in [6.07, 6.45) is 5.85. The van der Waals surface area contributed by atoms with Crippen molar-refractivity contribution in [3.63, 3.8) is 0 Å². The van der Waals surface area contributed by atoms with Crippen molar-refractivity contribution >= 4 is 10.0 Å². The monoisotopic (exact) mass is 378 g/mol. The SMILES string of the molecule is Cc1ccccc1S(=O)(=O)N1CCC2(CC1)CO[C@H](CN1CCCC1)C2. The van der Waals surface area contributed by atoms with Gasteiger partial charge in [-0.25, -0.2) is 8.42 Å². The van der Waals surface area contributed by atoms with Crippen molar-refractivity contribution in [3.8, 4) is 0 Å². The van der Waals surface area contributed by atoms with E-state index in [9.17, 15) is 8.42 Å². The van der Waals surface area contributed by atoms with E-state index in [-0.39, 0.29) is 5.41 Å². The lowest BCUT2D eigenvalue weighted by Crippen LogP contribution is -2.43. The van der Waals surface area contributed by atoms with Crippen LogP contribution in [0, 0.1) is 12.3 Å². The van der Waals surface area contributed by atoms with Gasteiger partial charge in [0.05, 0.1) is 17.6 Å². The number of likely N-dealkylation sites (tertiary alicyclic amines) is 1. The maximum Gasteiger partial charge on any atom is 0.243 e. The second-order valence-corrected chi connectivity index (χ2v) is 10.2. The minimum Gasteiger partial charge on any atom is -0.376 e. The molecular formula is C20H30N2O3S. The van der Waals surface area contributed by atoms with E-state index < -0.39 is 10.0 Å². The summed E-state index contributed by atoms with van der Waals surface area (Å²) in [5.41, 5.74) is 1.00. The summed E-state index contributed by atoms with van der Waals surface area (Å²) in [7, 11) is -3.39. The predicted octanol–water partition coefficient (Wildman–Crippen LogP) is 2.65. The predicted molar refractivity (Wildman–Crippen MR) is 102 cm³/mol. The van der Waals surface area contributed by atoms with Crippen molar-refractivity contribution in [2.24, 2.45) is 5.41 Å². The summed E-state index contributed by atoms with van der Waals surface area (Å²) in [5, 5.41) is 0. The largest absolute Gasteiger partial charge is 0.376 e. The van der Waals surface area contributed by atoms with E-state index >= 15 is 0 Å². The Bertz CT molecular complexity index is 735. The van der Waals surface area contributed by atoms with Gasteiger partial charge in [-0.3, -0.25) is 0 Å². The molecule has 0 aliphatic carbocycles. The Morgan fingerprint density at radius 2 is 1.81 bits per heavy atom. The molecule has 26 heavy (non-hydrogen) atoms. The van der Waals surface area contributed by atoms with Crippen LogP contribution in [0.15, 0.2) is 29.2 Å². The van der Waals surface area contributed by atoms with Gasteiger partial charge in [0.25, 0.3) is 0 Å². The van der Waals surface area contributed by atoms with Crippen LogP contribution in [0.1, 0.15) is 37.7 Å². The van der Waals surface area contributed by atoms with Crippen LogP contribution in [0.25, 0.3) is 0 Å². The zero-order valence-corrected chi connectivity index (χ0v) is 16.5. The van der Waals surface area contributed by atoms with Crippen LogP contribution in [-0.4, -0.2) is 63.1 Å². The molecule has 0 radical (unpaired) electrons. The summed E-state index contributed by atoms with van der Waals surface area (Å²) in [4.78, 5) is 2.96. The highest BCUT2D eigenvalue weighted by Crippen LogP contribution is 2.43. The van der Waals surface area contributed by atoms with E-state index in [1.165, 1.54) is 25.9 Å². The summed E-state index contributed by atoms with van der Waals surface area (Å²) < 4.78 is 33.8. The minimum atomic E-state index is -3.39. The Labute approximate surface area is 157 Å². The van der Waals surface area contributed by atoms with E-state index in [1.807, 2.05) is 19.1 Å². The quantitative estimate of drug-likeness (QED) is 0.808. The van der Waals surface area contributed by atoms with E-state index in [1.54, 1.807) is 16.4 Å². The number of aryl methyl sites for hydroxylation is 1. The molecule has 3 saturated heterocycles. The molecule has 1 aromatic carbocycles. The number of benzene rings is 1. The molecule has 6 heteroatoms. The maximum absolute atomic E-state index is 13.0. The molecule has 0 amide bonds. The lowest BCUT2D eigenvalue weighted by atomic mass is 9.77. The van der Waals surface area contributed by atoms with E-state index in [2.05, 4.69) is 4.90 Å². The molecule has 0 unspecified atom stereocenters. The third kappa shape index (κ3) is 3.57. The number of hydrogen-bond donors (Lipinski definition) is 0. The van der Waals surface area contributed by atoms with Gasteiger partial charge in [0.15, 0.2) is 0 Å². The van der Waals surface area contributed by atoms with Crippen molar-refractivity contribution in [1.29, 1.82) is 0 Å². The highest BCUT2D eigenvalue weighted by molar-refractivity contribution is 7.89. The highest BCUT2D eigenvalue weighted by atomic mass is 32.2. The van der Waals surface area contributed by atoms with Crippen LogP contribution >= 0.6 is 0 Å². The minimum absolute atomic E-state index is 0.183.